The first-order valence-corrected chi connectivity index (χ1v) is 9.13. The lowest BCUT2D eigenvalue weighted by molar-refractivity contribution is -0.130. The molecule has 0 bridgehead atoms. The summed E-state index contributed by atoms with van der Waals surface area (Å²) in [5, 5.41) is 5.95. The molecule has 148 valence electrons. The van der Waals surface area contributed by atoms with Crippen molar-refractivity contribution in [2.45, 2.75) is 39.3 Å². The van der Waals surface area contributed by atoms with Gasteiger partial charge in [0.1, 0.15) is 0 Å². The van der Waals surface area contributed by atoms with Gasteiger partial charge < -0.3 is 15.4 Å². The molecule has 2 rings (SSSR count). The summed E-state index contributed by atoms with van der Waals surface area (Å²) in [4.78, 5) is 37.1. The van der Waals surface area contributed by atoms with Crippen LogP contribution in [-0.2, 0) is 9.53 Å². The van der Waals surface area contributed by atoms with Crippen molar-refractivity contribution in [2.24, 2.45) is 0 Å². The minimum absolute atomic E-state index is 0.153. The molecule has 2 N–H and O–H groups in total. The first-order chi connectivity index (χ1) is 13.1. The average molecular weight is 403 g/mol. The summed E-state index contributed by atoms with van der Waals surface area (Å²) >= 11 is 5.83. The molecule has 0 aliphatic rings. The fourth-order valence-electron chi connectivity index (χ4n) is 2.31. The summed E-state index contributed by atoms with van der Waals surface area (Å²) < 4.78 is 5.27. The van der Waals surface area contributed by atoms with Crippen LogP contribution in [-0.4, -0.2) is 29.4 Å². The van der Waals surface area contributed by atoms with Gasteiger partial charge in [0, 0.05) is 16.1 Å². The molecule has 2 aromatic carbocycles. The van der Waals surface area contributed by atoms with E-state index in [0.29, 0.717) is 10.6 Å². The normalized spacial score (nSPS) is 12.0. The van der Waals surface area contributed by atoms with Gasteiger partial charge in [-0.05, 0) is 64.1 Å². The van der Waals surface area contributed by atoms with Gasteiger partial charge in [0.2, 0.25) is 0 Å². The lowest BCUT2D eigenvalue weighted by atomic mass is 10.1. The summed E-state index contributed by atoms with van der Waals surface area (Å²) in [6.45, 7) is 7.00. The van der Waals surface area contributed by atoms with E-state index >= 15 is 0 Å². The van der Waals surface area contributed by atoms with Gasteiger partial charge in [0.15, 0.2) is 6.10 Å². The highest BCUT2D eigenvalue weighted by Gasteiger charge is 2.24. The van der Waals surface area contributed by atoms with Gasteiger partial charge in [-0.1, -0.05) is 23.7 Å². The largest absolute Gasteiger partial charge is 0.449 e. The number of amides is 2. The van der Waals surface area contributed by atoms with E-state index in [2.05, 4.69) is 10.6 Å². The molecule has 6 nitrogen and oxygen atoms in total. The van der Waals surface area contributed by atoms with Crippen LogP contribution in [0.4, 0.5) is 5.69 Å². The zero-order valence-corrected chi connectivity index (χ0v) is 17.0. The zero-order valence-electron chi connectivity index (χ0n) is 16.2. The van der Waals surface area contributed by atoms with Crippen molar-refractivity contribution in [3.05, 3.63) is 64.7 Å². The van der Waals surface area contributed by atoms with Crippen LogP contribution in [0.5, 0.6) is 0 Å². The Morgan fingerprint density at radius 3 is 2.21 bits per heavy atom. The van der Waals surface area contributed by atoms with Crippen molar-refractivity contribution in [3.8, 4) is 0 Å². The molecule has 7 heteroatoms. The predicted molar refractivity (Wildman–Crippen MR) is 109 cm³/mol. The van der Waals surface area contributed by atoms with Crippen molar-refractivity contribution in [2.75, 3.05) is 5.32 Å². The quantitative estimate of drug-likeness (QED) is 0.739. The molecule has 0 radical (unpaired) electrons. The maximum atomic E-state index is 12.5. The minimum atomic E-state index is -0.980. The lowest BCUT2D eigenvalue weighted by Gasteiger charge is -2.23. The minimum Gasteiger partial charge on any atom is -0.449 e. The van der Waals surface area contributed by atoms with E-state index in [4.69, 9.17) is 16.3 Å². The van der Waals surface area contributed by atoms with Crippen molar-refractivity contribution < 1.29 is 19.1 Å². The zero-order chi connectivity index (χ0) is 20.9. The van der Waals surface area contributed by atoms with Crippen LogP contribution in [0.25, 0.3) is 0 Å². The second-order valence-electron chi connectivity index (χ2n) is 7.29. The van der Waals surface area contributed by atoms with E-state index < -0.39 is 29.4 Å². The molecule has 0 aromatic heterocycles. The Balaban J connectivity index is 2.12. The highest BCUT2D eigenvalue weighted by Crippen LogP contribution is 2.19. The van der Waals surface area contributed by atoms with Gasteiger partial charge in [0.25, 0.3) is 11.8 Å². The van der Waals surface area contributed by atoms with Gasteiger partial charge in [-0.15, -0.1) is 0 Å². The van der Waals surface area contributed by atoms with E-state index in [9.17, 15) is 14.4 Å². The molecular formula is C21H23ClN2O4. The highest BCUT2D eigenvalue weighted by atomic mass is 35.5. The van der Waals surface area contributed by atoms with E-state index in [1.165, 1.54) is 13.0 Å². The third-order valence-corrected chi connectivity index (χ3v) is 3.90. The second-order valence-corrected chi connectivity index (χ2v) is 7.73. The van der Waals surface area contributed by atoms with Gasteiger partial charge >= 0.3 is 5.97 Å². The molecule has 28 heavy (non-hydrogen) atoms. The van der Waals surface area contributed by atoms with Crippen molar-refractivity contribution in [1.82, 2.24) is 5.32 Å². The van der Waals surface area contributed by atoms with Gasteiger partial charge in [-0.2, -0.15) is 0 Å². The third kappa shape index (κ3) is 6.09. The second kappa shape index (κ2) is 8.89. The molecular weight excluding hydrogens is 380 g/mol. The van der Waals surface area contributed by atoms with Crippen LogP contribution in [0, 0.1) is 0 Å². The van der Waals surface area contributed by atoms with Gasteiger partial charge in [-0.25, -0.2) is 4.79 Å². The molecule has 0 aliphatic carbocycles. The standard InChI is InChI=1S/C21H23ClN2O4/c1-13(18(25)24-21(2,3)4)28-20(27)16-7-5-6-8-17(16)23-19(26)14-9-11-15(22)12-10-14/h5-13H,1-4H3,(H,23,26)(H,24,25)/t13-/m1/s1. The molecule has 1 atom stereocenters. The maximum Gasteiger partial charge on any atom is 0.341 e. The first-order valence-electron chi connectivity index (χ1n) is 8.76. The van der Waals surface area contributed by atoms with Crippen LogP contribution < -0.4 is 10.6 Å². The van der Waals surface area contributed by atoms with Crippen LogP contribution in [0.2, 0.25) is 5.02 Å². The fourth-order valence-corrected chi connectivity index (χ4v) is 2.44. The molecule has 0 heterocycles. The smallest absolute Gasteiger partial charge is 0.341 e. The number of esters is 1. The number of nitrogens with one attached hydrogen (secondary N) is 2. The molecule has 0 unspecified atom stereocenters. The van der Waals surface area contributed by atoms with E-state index in [1.54, 1.807) is 42.5 Å². The van der Waals surface area contributed by atoms with E-state index in [-0.39, 0.29) is 11.3 Å². The number of anilines is 1. The number of carbonyl (C=O) groups excluding carboxylic acids is 3. The van der Waals surface area contributed by atoms with Gasteiger partial charge in [-0.3, -0.25) is 9.59 Å². The van der Waals surface area contributed by atoms with Crippen LogP contribution in [0.15, 0.2) is 48.5 Å². The van der Waals surface area contributed by atoms with Crippen LogP contribution in [0.3, 0.4) is 0 Å². The summed E-state index contributed by atoms with van der Waals surface area (Å²) in [7, 11) is 0. The molecule has 2 amide bonds. The Hall–Kier alpha value is -2.86. The molecule has 0 spiro atoms. The molecule has 2 aromatic rings. The van der Waals surface area contributed by atoms with E-state index in [0.717, 1.165) is 0 Å². The van der Waals surface area contributed by atoms with Crippen molar-refractivity contribution >= 4 is 35.1 Å². The summed E-state index contributed by atoms with van der Waals surface area (Å²) in [5.74, 6) is -1.50. The number of carbonyl (C=O) groups is 3. The summed E-state index contributed by atoms with van der Waals surface area (Å²) in [5.41, 5.74) is 0.393. The van der Waals surface area contributed by atoms with Crippen LogP contribution >= 0.6 is 11.6 Å². The number of ether oxygens (including phenoxy) is 1. The average Bonchev–Trinajstić information content (AvgIpc) is 2.61. The summed E-state index contributed by atoms with van der Waals surface area (Å²) in [6.07, 6.45) is -0.980. The van der Waals surface area contributed by atoms with E-state index in [1.807, 2.05) is 20.8 Å². The molecule has 0 aliphatic heterocycles. The van der Waals surface area contributed by atoms with Crippen molar-refractivity contribution in [3.63, 3.8) is 0 Å². The number of hydrogen-bond acceptors (Lipinski definition) is 4. The number of hydrogen-bond donors (Lipinski definition) is 2. The Kier molecular flexibility index (Phi) is 6.80. The maximum absolute atomic E-state index is 12.5. The first kappa shape index (κ1) is 21.4. The van der Waals surface area contributed by atoms with Crippen molar-refractivity contribution in [1.29, 1.82) is 0 Å². The number of benzene rings is 2. The number of para-hydroxylation sites is 1. The lowest BCUT2D eigenvalue weighted by Crippen LogP contribution is -2.46. The fraction of sp³-hybridized carbons (Fsp3) is 0.286. The molecule has 0 saturated carbocycles. The van der Waals surface area contributed by atoms with Gasteiger partial charge in [0.05, 0.1) is 11.3 Å². The monoisotopic (exact) mass is 402 g/mol. The Labute approximate surface area is 169 Å². The highest BCUT2D eigenvalue weighted by molar-refractivity contribution is 6.30. The number of rotatable bonds is 5. The topological polar surface area (TPSA) is 84.5 Å². The number of halogens is 1. The third-order valence-electron chi connectivity index (χ3n) is 3.65. The Bertz CT molecular complexity index is 873. The Morgan fingerprint density at radius 1 is 1.00 bits per heavy atom. The SMILES string of the molecule is C[C@@H](OC(=O)c1ccccc1NC(=O)c1ccc(Cl)cc1)C(=O)NC(C)(C)C. The molecule has 0 saturated heterocycles. The molecule has 0 fully saturated rings. The Morgan fingerprint density at radius 2 is 1.61 bits per heavy atom. The predicted octanol–water partition coefficient (Wildman–Crippen LogP) is 4.05. The van der Waals surface area contributed by atoms with Crippen LogP contribution in [0.1, 0.15) is 48.4 Å². The summed E-state index contributed by atoms with van der Waals surface area (Å²) in [6, 6.07) is 12.8.